The highest BCUT2D eigenvalue weighted by Gasteiger charge is 2.07. The number of carbonyl (C=O) groups excluding carboxylic acids is 1. The summed E-state index contributed by atoms with van der Waals surface area (Å²) in [5.74, 6) is 0.580. The topological polar surface area (TPSA) is 26.3 Å². The van der Waals surface area contributed by atoms with E-state index in [9.17, 15) is 4.79 Å². The van der Waals surface area contributed by atoms with Gasteiger partial charge in [0.15, 0.2) is 5.78 Å². The lowest BCUT2D eigenvalue weighted by Gasteiger charge is -2.07. The zero-order chi connectivity index (χ0) is 13.1. The van der Waals surface area contributed by atoms with E-state index in [1.165, 1.54) is 6.92 Å². The summed E-state index contributed by atoms with van der Waals surface area (Å²) in [7, 11) is 0. The van der Waals surface area contributed by atoms with Crippen LogP contribution in [0.2, 0.25) is 5.02 Å². The molecule has 0 amide bonds. The van der Waals surface area contributed by atoms with E-state index >= 15 is 0 Å². The van der Waals surface area contributed by atoms with Crippen LogP contribution in [0.25, 0.3) is 0 Å². The molecule has 18 heavy (non-hydrogen) atoms. The molecule has 0 unspecified atom stereocenters. The van der Waals surface area contributed by atoms with Crippen LogP contribution in [-0.4, -0.2) is 5.78 Å². The standard InChI is InChI=1S/C13H10BrClO2S/c1-8(16)9-2-4-12(11(15)6-9)17-7-10-3-5-13(14)18-10/h2-6H,7H2,1H3. The number of ketones is 1. The number of carbonyl (C=O) groups is 1. The Morgan fingerprint density at radius 2 is 2.17 bits per heavy atom. The van der Waals surface area contributed by atoms with E-state index in [2.05, 4.69) is 15.9 Å². The number of Topliss-reactive ketones (excluding diaryl/α,β-unsaturated/α-hetero) is 1. The SMILES string of the molecule is CC(=O)c1ccc(OCc2ccc(Br)s2)c(Cl)c1. The maximum atomic E-state index is 11.2. The number of hydrogen-bond acceptors (Lipinski definition) is 3. The Hall–Kier alpha value is -0.840. The Morgan fingerprint density at radius 1 is 1.39 bits per heavy atom. The number of hydrogen-bond donors (Lipinski definition) is 0. The Morgan fingerprint density at radius 3 is 2.72 bits per heavy atom. The molecule has 2 rings (SSSR count). The third-order valence-corrected chi connectivity index (χ3v) is 4.23. The van der Waals surface area contributed by atoms with Gasteiger partial charge in [0, 0.05) is 10.4 Å². The molecule has 0 aliphatic heterocycles. The lowest BCUT2D eigenvalue weighted by atomic mass is 10.1. The summed E-state index contributed by atoms with van der Waals surface area (Å²) in [6, 6.07) is 9.04. The van der Waals surface area contributed by atoms with Gasteiger partial charge in [0.25, 0.3) is 0 Å². The molecule has 1 heterocycles. The van der Waals surface area contributed by atoms with E-state index in [4.69, 9.17) is 16.3 Å². The Bertz CT molecular complexity index is 580. The summed E-state index contributed by atoms with van der Waals surface area (Å²) in [5, 5.41) is 0.457. The monoisotopic (exact) mass is 344 g/mol. The van der Waals surface area contributed by atoms with Crippen molar-refractivity contribution in [1.82, 2.24) is 0 Å². The molecule has 0 N–H and O–H groups in total. The van der Waals surface area contributed by atoms with Gasteiger partial charge in [0.2, 0.25) is 0 Å². The van der Waals surface area contributed by atoms with E-state index in [0.717, 1.165) is 8.66 Å². The van der Waals surface area contributed by atoms with Crippen molar-refractivity contribution in [3.8, 4) is 5.75 Å². The number of benzene rings is 1. The Kier molecular flexibility index (Phi) is 4.43. The number of ether oxygens (including phenoxy) is 1. The maximum Gasteiger partial charge on any atom is 0.159 e. The summed E-state index contributed by atoms with van der Waals surface area (Å²) >= 11 is 11.1. The predicted molar refractivity (Wildman–Crippen MR) is 77.8 cm³/mol. The van der Waals surface area contributed by atoms with Gasteiger partial charge in [-0.2, -0.15) is 0 Å². The second-order valence-corrected chi connectivity index (χ2v) is 6.65. The van der Waals surface area contributed by atoms with Crippen LogP contribution in [0.4, 0.5) is 0 Å². The van der Waals surface area contributed by atoms with Crippen LogP contribution in [0.5, 0.6) is 5.75 Å². The quantitative estimate of drug-likeness (QED) is 0.733. The van der Waals surface area contributed by atoms with Crippen molar-refractivity contribution in [2.45, 2.75) is 13.5 Å². The van der Waals surface area contributed by atoms with Crippen LogP contribution in [0.15, 0.2) is 34.1 Å². The number of thiophene rings is 1. The molecule has 0 bridgehead atoms. The molecule has 94 valence electrons. The summed E-state index contributed by atoms with van der Waals surface area (Å²) in [6.07, 6.45) is 0. The molecule has 0 saturated heterocycles. The van der Waals surface area contributed by atoms with Crippen molar-refractivity contribution >= 4 is 44.7 Å². The van der Waals surface area contributed by atoms with Crippen molar-refractivity contribution in [3.05, 3.63) is 49.6 Å². The molecule has 0 spiro atoms. The lowest BCUT2D eigenvalue weighted by Crippen LogP contribution is -1.96. The third-order valence-electron chi connectivity index (χ3n) is 2.34. The van der Waals surface area contributed by atoms with E-state index in [0.29, 0.717) is 22.9 Å². The van der Waals surface area contributed by atoms with Crippen LogP contribution in [0, 0.1) is 0 Å². The fourth-order valence-electron chi connectivity index (χ4n) is 1.42. The number of rotatable bonds is 4. The normalized spacial score (nSPS) is 10.4. The second kappa shape index (κ2) is 5.87. The molecule has 2 aromatic rings. The van der Waals surface area contributed by atoms with Gasteiger partial charge in [0.05, 0.1) is 8.81 Å². The van der Waals surface area contributed by atoms with Crippen LogP contribution in [0.1, 0.15) is 22.2 Å². The summed E-state index contributed by atoms with van der Waals surface area (Å²) < 4.78 is 6.69. The molecular weight excluding hydrogens is 336 g/mol. The number of halogens is 2. The van der Waals surface area contributed by atoms with Gasteiger partial charge < -0.3 is 4.74 Å². The van der Waals surface area contributed by atoms with Crippen molar-refractivity contribution in [1.29, 1.82) is 0 Å². The highest BCUT2D eigenvalue weighted by atomic mass is 79.9. The maximum absolute atomic E-state index is 11.2. The van der Waals surface area contributed by atoms with Crippen molar-refractivity contribution in [3.63, 3.8) is 0 Å². The second-order valence-electron chi connectivity index (χ2n) is 3.70. The molecule has 1 aromatic heterocycles. The van der Waals surface area contributed by atoms with E-state index in [1.807, 2.05) is 12.1 Å². The molecule has 0 atom stereocenters. The highest BCUT2D eigenvalue weighted by Crippen LogP contribution is 2.28. The van der Waals surface area contributed by atoms with Gasteiger partial charge in [-0.25, -0.2) is 0 Å². The molecule has 0 aliphatic carbocycles. The van der Waals surface area contributed by atoms with Gasteiger partial charge in [-0.05, 0) is 53.2 Å². The minimum absolute atomic E-state index is 0.00867. The molecule has 0 saturated carbocycles. The molecule has 0 radical (unpaired) electrons. The molecule has 1 aromatic carbocycles. The Balaban J connectivity index is 2.08. The molecule has 0 aliphatic rings. The zero-order valence-corrected chi connectivity index (χ0v) is 12.7. The van der Waals surface area contributed by atoms with Gasteiger partial charge in [-0.1, -0.05) is 11.6 Å². The van der Waals surface area contributed by atoms with Crippen LogP contribution in [-0.2, 0) is 6.61 Å². The van der Waals surface area contributed by atoms with Crippen molar-refractivity contribution in [2.24, 2.45) is 0 Å². The smallest absolute Gasteiger partial charge is 0.159 e. The first-order chi connectivity index (χ1) is 8.56. The minimum Gasteiger partial charge on any atom is -0.487 e. The first-order valence-corrected chi connectivity index (χ1v) is 7.22. The average Bonchev–Trinajstić information content (AvgIpc) is 2.73. The zero-order valence-electron chi connectivity index (χ0n) is 9.57. The largest absolute Gasteiger partial charge is 0.487 e. The Labute approximate surface area is 123 Å². The molecule has 5 heteroatoms. The van der Waals surface area contributed by atoms with Gasteiger partial charge in [-0.15, -0.1) is 11.3 Å². The fraction of sp³-hybridized carbons (Fsp3) is 0.154. The van der Waals surface area contributed by atoms with Crippen LogP contribution in [0.3, 0.4) is 0 Å². The van der Waals surface area contributed by atoms with Crippen molar-refractivity contribution in [2.75, 3.05) is 0 Å². The molecule has 2 nitrogen and oxygen atoms in total. The summed E-state index contributed by atoms with van der Waals surface area (Å²) in [4.78, 5) is 12.3. The predicted octanol–water partition coefficient (Wildman–Crippen LogP) is 4.95. The summed E-state index contributed by atoms with van der Waals surface area (Å²) in [5.41, 5.74) is 0.589. The van der Waals surface area contributed by atoms with Crippen LogP contribution >= 0.6 is 38.9 Å². The van der Waals surface area contributed by atoms with Gasteiger partial charge >= 0.3 is 0 Å². The third kappa shape index (κ3) is 3.34. The van der Waals surface area contributed by atoms with Gasteiger partial charge in [-0.3, -0.25) is 4.79 Å². The molecular formula is C13H10BrClO2S. The fourth-order valence-corrected chi connectivity index (χ4v) is 3.05. The average molecular weight is 346 g/mol. The summed E-state index contributed by atoms with van der Waals surface area (Å²) in [6.45, 7) is 1.98. The van der Waals surface area contributed by atoms with Crippen molar-refractivity contribution < 1.29 is 9.53 Å². The molecule has 0 fully saturated rings. The van der Waals surface area contributed by atoms with E-state index < -0.39 is 0 Å². The first-order valence-electron chi connectivity index (χ1n) is 5.24. The van der Waals surface area contributed by atoms with E-state index in [1.54, 1.807) is 29.5 Å². The lowest BCUT2D eigenvalue weighted by molar-refractivity contribution is 0.101. The highest BCUT2D eigenvalue weighted by molar-refractivity contribution is 9.11. The minimum atomic E-state index is -0.00867. The first kappa shape index (κ1) is 13.6. The van der Waals surface area contributed by atoms with Gasteiger partial charge in [0.1, 0.15) is 12.4 Å². The van der Waals surface area contributed by atoms with E-state index in [-0.39, 0.29) is 5.78 Å². The van der Waals surface area contributed by atoms with Crippen LogP contribution < -0.4 is 4.74 Å².